The van der Waals surface area contributed by atoms with Gasteiger partial charge >= 0.3 is 0 Å². The lowest BCUT2D eigenvalue weighted by atomic mass is 10.2. The molecular weight excluding hydrogens is 353 g/mol. The minimum Gasteiger partial charge on any atom is -0.370 e. The van der Waals surface area contributed by atoms with Crippen LogP contribution in [0.1, 0.15) is 17.0 Å². The molecule has 19 heavy (non-hydrogen) atoms. The molecule has 2 aromatic rings. The highest BCUT2D eigenvalue weighted by Gasteiger charge is 2.05. The third-order valence-corrected chi connectivity index (χ3v) is 2.73. The maximum Gasteiger partial charge on any atom is 0.193 e. The van der Waals surface area contributed by atoms with Crippen LogP contribution in [0, 0.1) is 13.8 Å². The number of para-hydroxylation sites is 1. The molecule has 0 unspecified atom stereocenters. The predicted molar refractivity (Wildman–Crippen MR) is 88.9 cm³/mol. The largest absolute Gasteiger partial charge is 0.370 e. The molecule has 6 heteroatoms. The van der Waals surface area contributed by atoms with Gasteiger partial charge in [-0.25, -0.2) is 4.99 Å². The molecule has 0 amide bonds. The maximum atomic E-state index is 5.83. The standard InChI is InChI=1S/C13H17N5.HI/c1-9-12(10(2)18-17-9)8-15-13(14)16-11-6-4-3-5-7-11;/h3-7H,8H2,1-2H3,(H,17,18)(H3,14,15,16);1H. The van der Waals surface area contributed by atoms with Crippen LogP contribution in [0.2, 0.25) is 0 Å². The number of aromatic amines is 1. The Balaban J connectivity index is 0.00000180. The van der Waals surface area contributed by atoms with E-state index >= 15 is 0 Å². The number of rotatable bonds is 3. The van der Waals surface area contributed by atoms with Crippen molar-refractivity contribution in [1.82, 2.24) is 10.2 Å². The summed E-state index contributed by atoms with van der Waals surface area (Å²) < 4.78 is 0. The number of H-pyrrole nitrogens is 1. The Morgan fingerprint density at radius 1 is 1.32 bits per heavy atom. The first-order valence-corrected chi connectivity index (χ1v) is 5.79. The zero-order valence-corrected chi connectivity index (χ0v) is 13.3. The topological polar surface area (TPSA) is 79.1 Å². The van der Waals surface area contributed by atoms with Gasteiger partial charge in [0.1, 0.15) is 0 Å². The summed E-state index contributed by atoms with van der Waals surface area (Å²) >= 11 is 0. The van der Waals surface area contributed by atoms with Crippen molar-refractivity contribution in [3.63, 3.8) is 0 Å². The summed E-state index contributed by atoms with van der Waals surface area (Å²) in [6.45, 7) is 4.46. The molecule has 0 aliphatic carbocycles. The number of nitrogens with zero attached hydrogens (tertiary/aromatic N) is 2. The van der Waals surface area contributed by atoms with Gasteiger partial charge in [-0.1, -0.05) is 18.2 Å². The summed E-state index contributed by atoms with van der Waals surface area (Å²) in [5.74, 6) is 0.404. The summed E-state index contributed by atoms with van der Waals surface area (Å²) in [6, 6.07) is 9.73. The van der Waals surface area contributed by atoms with Gasteiger partial charge in [0.05, 0.1) is 12.2 Å². The van der Waals surface area contributed by atoms with Crippen LogP contribution < -0.4 is 11.1 Å². The SMILES string of the molecule is Cc1n[nH]c(C)c1CN=C(N)Nc1ccccc1.I. The molecule has 0 saturated heterocycles. The number of guanidine groups is 1. The minimum atomic E-state index is 0. The fraction of sp³-hybridized carbons (Fsp3) is 0.231. The lowest BCUT2D eigenvalue weighted by Crippen LogP contribution is -2.22. The molecule has 102 valence electrons. The molecule has 4 N–H and O–H groups in total. The summed E-state index contributed by atoms with van der Waals surface area (Å²) in [6.07, 6.45) is 0. The van der Waals surface area contributed by atoms with Crippen molar-refractivity contribution < 1.29 is 0 Å². The first kappa shape index (κ1) is 15.5. The third-order valence-electron chi connectivity index (χ3n) is 2.73. The summed E-state index contributed by atoms with van der Waals surface area (Å²) in [4.78, 5) is 4.31. The first-order valence-electron chi connectivity index (χ1n) is 5.79. The van der Waals surface area contributed by atoms with E-state index < -0.39 is 0 Å². The Labute approximate surface area is 129 Å². The van der Waals surface area contributed by atoms with Crippen LogP contribution in [0.5, 0.6) is 0 Å². The van der Waals surface area contributed by atoms with Gasteiger partial charge in [0, 0.05) is 16.9 Å². The Morgan fingerprint density at radius 2 is 2.00 bits per heavy atom. The maximum absolute atomic E-state index is 5.83. The Morgan fingerprint density at radius 3 is 2.58 bits per heavy atom. The number of aryl methyl sites for hydroxylation is 2. The number of aromatic nitrogens is 2. The second kappa shape index (κ2) is 7.13. The Hall–Kier alpha value is -1.57. The number of anilines is 1. The van der Waals surface area contributed by atoms with Crippen LogP contribution in [0.4, 0.5) is 5.69 Å². The molecule has 1 aromatic carbocycles. The lowest BCUT2D eigenvalue weighted by Gasteiger charge is -2.05. The van der Waals surface area contributed by atoms with Gasteiger partial charge < -0.3 is 11.1 Å². The molecule has 0 aliphatic heterocycles. The first-order chi connectivity index (χ1) is 8.66. The van der Waals surface area contributed by atoms with E-state index in [1.54, 1.807) is 0 Å². The molecular formula is C13H18IN5. The molecule has 0 aliphatic rings. The Kier molecular flexibility index (Phi) is 5.81. The van der Waals surface area contributed by atoms with E-state index in [0.717, 1.165) is 22.6 Å². The minimum absolute atomic E-state index is 0. The summed E-state index contributed by atoms with van der Waals surface area (Å²) in [5.41, 5.74) is 9.84. The van der Waals surface area contributed by atoms with E-state index in [2.05, 4.69) is 20.5 Å². The normalized spacial score (nSPS) is 10.9. The number of nitrogens with one attached hydrogen (secondary N) is 2. The van der Waals surface area contributed by atoms with Crippen LogP contribution in [-0.2, 0) is 6.54 Å². The van der Waals surface area contributed by atoms with Crippen molar-refractivity contribution in [3.05, 3.63) is 47.3 Å². The molecule has 0 atom stereocenters. The number of nitrogens with two attached hydrogens (primary N) is 1. The van der Waals surface area contributed by atoms with Crippen molar-refractivity contribution in [2.24, 2.45) is 10.7 Å². The fourth-order valence-corrected chi connectivity index (χ4v) is 1.68. The van der Waals surface area contributed by atoms with E-state index in [1.165, 1.54) is 0 Å². The highest BCUT2D eigenvalue weighted by Crippen LogP contribution is 2.10. The van der Waals surface area contributed by atoms with Crippen LogP contribution in [-0.4, -0.2) is 16.2 Å². The number of halogens is 1. The molecule has 2 rings (SSSR count). The van der Waals surface area contributed by atoms with Gasteiger partial charge in [-0.15, -0.1) is 24.0 Å². The van der Waals surface area contributed by atoms with E-state index in [4.69, 9.17) is 5.73 Å². The quantitative estimate of drug-likeness (QED) is 0.441. The highest BCUT2D eigenvalue weighted by molar-refractivity contribution is 14.0. The average Bonchev–Trinajstić information content (AvgIpc) is 2.68. The highest BCUT2D eigenvalue weighted by atomic mass is 127. The van der Waals surface area contributed by atoms with Gasteiger partial charge in [0.25, 0.3) is 0 Å². The molecule has 1 aromatic heterocycles. The third kappa shape index (κ3) is 4.23. The molecule has 0 saturated carbocycles. The number of benzene rings is 1. The Bertz CT molecular complexity index is 528. The summed E-state index contributed by atoms with van der Waals surface area (Å²) in [7, 11) is 0. The van der Waals surface area contributed by atoms with Gasteiger partial charge in [-0.3, -0.25) is 5.10 Å². The monoisotopic (exact) mass is 371 g/mol. The van der Waals surface area contributed by atoms with E-state index in [9.17, 15) is 0 Å². The van der Waals surface area contributed by atoms with Crippen molar-refractivity contribution >= 4 is 35.6 Å². The molecule has 0 spiro atoms. The second-order valence-corrected chi connectivity index (χ2v) is 4.11. The van der Waals surface area contributed by atoms with Crippen molar-refractivity contribution in [2.45, 2.75) is 20.4 Å². The van der Waals surface area contributed by atoms with E-state index in [0.29, 0.717) is 12.5 Å². The van der Waals surface area contributed by atoms with Crippen molar-refractivity contribution in [3.8, 4) is 0 Å². The molecule has 0 fully saturated rings. The van der Waals surface area contributed by atoms with Crippen molar-refractivity contribution in [2.75, 3.05) is 5.32 Å². The van der Waals surface area contributed by atoms with E-state index in [-0.39, 0.29) is 24.0 Å². The molecule has 5 nitrogen and oxygen atoms in total. The van der Waals surface area contributed by atoms with Crippen molar-refractivity contribution in [1.29, 1.82) is 0 Å². The van der Waals surface area contributed by atoms with Gasteiger partial charge in [-0.2, -0.15) is 5.10 Å². The molecule has 0 radical (unpaired) electrons. The number of aliphatic imine (C=N–C) groups is 1. The smallest absolute Gasteiger partial charge is 0.193 e. The number of hydrogen-bond donors (Lipinski definition) is 3. The predicted octanol–water partition coefficient (Wildman–Crippen LogP) is 2.57. The lowest BCUT2D eigenvalue weighted by molar-refractivity contribution is 1.02. The molecule has 1 heterocycles. The number of hydrogen-bond acceptors (Lipinski definition) is 2. The van der Waals surface area contributed by atoms with Gasteiger partial charge in [0.2, 0.25) is 0 Å². The van der Waals surface area contributed by atoms with Crippen LogP contribution in [0.3, 0.4) is 0 Å². The second-order valence-electron chi connectivity index (χ2n) is 4.11. The van der Waals surface area contributed by atoms with Gasteiger partial charge in [-0.05, 0) is 26.0 Å². The van der Waals surface area contributed by atoms with Crippen LogP contribution >= 0.6 is 24.0 Å². The van der Waals surface area contributed by atoms with E-state index in [1.807, 2.05) is 44.2 Å². The summed E-state index contributed by atoms with van der Waals surface area (Å²) in [5, 5.41) is 10.1. The molecule has 0 bridgehead atoms. The van der Waals surface area contributed by atoms with Crippen LogP contribution in [0.15, 0.2) is 35.3 Å². The average molecular weight is 371 g/mol. The zero-order valence-electron chi connectivity index (χ0n) is 11.0. The zero-order chi connectivity index (χ0) is 13.0. The fourth-order valence-electron chi connectivity index (χ4n) is 1.68. The van der Waals surface area contributed by atoms with Gasteiger partial charge in [0.15, 0.2) is 5.96 Å². The van der Waals surface area contributed by atoms with Crippen LogP contribution in [0.25, 0.3) is 0 Å².